The van der Waals surface area contributed by atoms with Crippen LogP contribution in [0.5, 0.6) is 0 Å². The van der Waals surface area contributed by atoms with Gasteiger partial charge in [0.05, 0.1) is 19.3 Å². The van der Waals surface area contributed by atoms with Gasteiger partial charge in [-0.2, -0.15) is 0 Å². The lowest BCUT2D eigenvalue weighted by atomic mass is 10.4. The van der Waals surface area contributed by atoms with Crippen LogP contribution in [0.1, 0.15) is 0 Å². The molecular formula is C5H11NO4. The van der Waals surface area contributed by atoms with E-state index in [1.54, 1.807) is 0 Å². The Labute approximate surface area is 58.5 Å². The number of aliphatic hydroxyl groups excluding tert-OH is 2. The van der Waals surface area contributed by atoms with Crippen LogP contribution in [0.2, 0.25) is 0 Å². The third-order valence-corrected chi connectivity index (χ3v) is 1.02. The summed E-state index contributed by atoms with van der Waals surface area (Å²) in [6.45, 7) is -0.483. The molecule has 0 aromatic rings. The summed E-state index contributed by atoms with van der Waals surface area (Å²) in [4.78, 5) is 11.0. The van der Waals surface area contributed by atoms with Crippen molar-refractivity contribution in [2.75, 3.05) is 20.2 Å². The van der Waals surface area contributed by atoms with E-state index < -0.39 is 18.8 Å². The van der Waals surface area contributed by atoms with Crippen molar-refractivity contribution < 1.29 is 20.1 Å². The number of amides is 1. The predicted molar refractivity (Wildman–Crippen MR) is 33.7 cm³/mol. The fourth-order valence-electron chi connectivity index (χ4n) is 0.452. The van der Waals surface area contributed by atoms with Crippen molar-refractivity contribution in [1.29, 1.82) is 0 Å². The molecule has 0 rings (SSSR count). The van der Waals surface area contributed by atoms with E-state index in [9.17, 15) is 4.79 Å². The van der Waals surface area contributed by atoms with Crippen LogP contribution < -0.4 is 0 Å². The normalized spacial score (nSPS) is 12.7. The summed E-state index contributed by atoms with van der Waals surface area (Å²) in [6.07, 6.45) is -2.10. The molecule has 0 radical (unpaired) electrons. The van der Waals surface area contributed by atoms with E-state index in [1.165, 1.54) is 7.05 Å². The highest BCUT2D eigenvalue weighted by Gasteiger charge is 2.10. The monoisotopic (exact) mass is 149 g/mol. The molecule has 0 aliphatic rings. The lowest BCUT2D eigenvalue weighted by Crippen LogP contribution is -2.34. The molecule has 0 bridgehead atoms. The Morgan fingerprint density at radius 1 is 1.70 bits per heavy atom. The molecule has 5 heteroatoms. The van der Waals surface area contributed by atoms with Gasteiger partial charge >= 0.3 is 6.09 Å². The Morgan fingerprint density at radius 3 is 2.50 bits per heavy atom. The van der Waals surface area contributed by atoms with Crippen LogP contribution in [-0.4, -0.2) is 52.6 Å². The van der Waals surface area contributed by atoms with Crippen molar-refractivity contribution >= 4 is 6.09 Å². The number of hydrogen-bond donors (Lipinski definition) is 3. The van der Waals surface area contributed by atoms with Crippen molar-refractivity contribution in [2.45, 2.75) is 6.10 Å². The van der Waals surface area contributed by atoms with Gasteiger partial charge in [-0.25, -0.2) is 4.79 Å². The highest BCUT2D eigenvalue weighted by molar-refractivity contribution is 5.64. The average Bonchev–Trinajstić information content (AvgIpc) is 1.87. The smallest absolute Gasteiger partial charge is 0.407 e. The molecule has 0 heterocycles. The molecule has 0 spiro atoms. The standard InChI is InChI=1S/C5H11NO4/c1-6(5(9)10)2-4(8)3-7/h4,7-8H,2-3H2,1H3,(H,9,10). The van der Waals surface area contributed by atoms with Crippen molar-refractivity contribution in [2.24, 2.45) is 0 Å². The van der Waals surface area contributed by atoms with Crippen LogP contribution in [0, 0.1) is 0 Å². The van der Waals surface area contributed by atoms with Gasteiger partial charge in [-0.1, -0.05) is 0 Å². The quantitative estimate of drug-likeness (QED) is 0.478. The number of likely N-dealkylation sites (N-methyl/N-ethyl adjacent to an activating group) is 1. The van der Waals surface area contributed by atoms with Crippen molar-refractivity contribution in [3.05, 3.63) is 0 Å². The first-order valence-electron chi connectivity index (χ1n) is 2.81. The largest absolute Gasteiger partial charge is 0.465 e. The van der Waals surface area contributed by atoms with Gasteiger partial charge in [-0.05, 0) is 0 Å². The van der Waals surface area contributed by atoms with Gasteiger partial charge in [-0.3, -0.25) is 0 Å². The average molecular weight is 149 g/mol. The fraction of sp³-hybridized carbons (Fsp3) is 0.800. The first-order valence-corrected chi connectivity index (χ1v) is 2.81. The minimum Gasteiger partial charge on any atom is -0.465 e. The molecule has 0 aliphatic heterocycles. The molecule has 5 nitrogen and oxygen atoms in total. The van der Waals surface area contributed by atoms with Crippen molar-refractivity contribution in [3.8, 4) is 0 Å². The Kier molecular flexibility index (Phi) is 3.75. The second-order valence-corrected chi connectivity index (χ2v) is 2.00. The molecule has 0 fully saturated rings. The summed E-state index contributed by atoms with van der Waals surface area (Å²) in [5.41, 5.74) is 0. The molecule has 1 atom stereocenters. The number of rotatable bonds is 3. The number of carboxylic acid groups (broad SMARTS) is 1. The number of carbonyl (C=O) groups is 1. The molecule has 10 heavy (non-hydrogen) atoms. The molecule has 3 N–H and O–H groups in total. The van der Waals surface area contributed by atoms with E-state index in [0.29, 0.717) is 0 Å². The molecule has 0 aromatic heterocycles. The maximum atomic E-state index is 10.1. The summed E-state index contributed by atoms with van der Waals surface area (Å²) in [5, 5.41) is 25.3. The van der Waals surface area contributed by atoms with Crippen molar-refractivity contribution in [3.63, 3.8) is 0 Å². The molecule has 1 unspecified atom stereocenters. The zero-order valence-corrected chi connectivity index (χ0v) is 5.69. The predicted octanol–water partition coefficient (Wildman–Crippen LogP) is -1.05. The highest BCUT2D eigenvalue weighted by Crippen LogP contribution is 1.87. The van der Waals surface area contributed by atoms with E-state index in [0.717, 1.165) is 4.90 Å². The van der Waals surface area contributed by atoms with Gasteiger partial charge in [-0.15, -0.1) is 0 Å². The Morgan fingerprint density at radius 2 is 2.20 bits per heavy atom. The molecule has 0 aliphatic carbocycles. The van der Waals surface area contributed by atoms with E-state index in [4.69, 9.17) is 15.3 Å². The zero-order chi connectivity index (χ0) is 8.15. The summed E-state index contributed by atoms with van der Waals surface area (Å²) < 4.78 is 0. The van der Waals surface area contributed by atoms with Crippen molar-refractivity contribution in [1.82, 2.24) is 4.90 Å². The molecule has 1 amide bonds. The van der Waals surface area contributed by atoms with E-state index >= 15 is 0 Å². The zero-order valence-electron chi connectivity index (χ0n) is 5.69. The Bertz CT molecular complexity index is 116. The summed E-state index contributed by atoms with van der Waals surface area (Å²) in [6, 6.07) is 0. The van der Waals surface area contributed by atoms with Crippen LogP contribution >= 0.6 is 0 Å². The van der Waals surface area contributed by atoms with Gasteiger partial charge < -0.3 is 20.2 Å². The lowest BCUT2D eigenvalue weighted by molar-refractivity contribution is 0.0646. The van der Waals surface area contributed by atoms with Gasteiger partial charge in [0.2, 0.25) is 0 Å². The molecule has 0 saturated carbocycles. The fourth-order valence-corrected chi connectivity index (χ4v) is 0.452. The number of aliphatic hydroxyl groups is 2. The lowest BCUT2D eigenvalue weighted by Gasteiger charge is -2.15. The SMILES string of the molecule is CN(CC(O)CO)C(=O)O. The number of hydrogen-bond acceptors (Lipinski definition) is 3. The van der Waals surface area contributed by atoms with Crippen LogP contribution in [-0.2, 0) is 0 Å². The van der Waals surface area contributed by atoms with E-state index in [2.05, 4.69) is 0 Å². The Balaban J connectivity index is 3.56. The van der Waals surface area contributed by atoms with Gasteiger partial charge in [0.15, 0.2) is 0 Å². The minimum atomic E-state index is -1.12. The minimum absolute atomic E-state index is 0.0637. The summed E-state index contributed by atoms with van der Waals surface area (Å²) >= 11 is 0. The van der Waals surface area contributed by atoms with Crippen LogP contribution in [0.3, 0.4) is 0 Å². The third kappa shape index (κ3) is 3.26. The van der Waals surface area contributed by atoms with E-state index in [1.807, 2.05) is 0 Å². The first kappa shape index (κ1) is 9.19. The van der Waals surface area contributed by atoms with Crippen LogP contribution in [0.25, 0.3) is 0 Å². The van der Waals surface area contributed by atoms with E-state index in [-0.39, 0.29) is 6.54 Å². The van der Waals surface area contributed by atoms with Gasteiger partial charge in [0, 0.05) is 7.05 Å². The second kappa shape index (κ2) is 4.08. The third-order valence-electron chi connectivity index (χ3n) is 1.02. The first-order chi connectivity index (χ1) is 4.57. The van der Waals surface area contributed by atoms with Crippen LogP contribution in [0.15, 0.2) is 0 Å². The Hall–Kier alpha value is -0.810. The molecule has 0 saturated heterocycles. The maximum Gasteiger partial charge on any atom is 0.407 e. The topological polar surface area (TPSA) is 81.0 Å². The summed E-state index contributed by atoms with van der Waals surface area (Å²) in [5.74, 6) is 0. The number of nitrogens with zero attached hydrogens (tertiary/aromatic N) is 1. The van der Waals surface area contributed by atoms with Gasteiger partial charge in [0.1, 0.15) is 0 Å². The second-order valence-electron chi connectivity index (χ2n) is 2.00. The van der Waals surface area contributed by atoms with Crippen LogP contribution in [0.4, 0.5) is 4.79 Å². The maximum absolute atomic E-state index is 10.1. The molecule has 60 valence electrons. The molecule has 0 aromatic carbocycles. The highest BCUT2D eigenvalue weighted by atomic mass is 16.4. The van der Waals surface area contributed by atoms with Gasteiger partial charge in [0.25, 0.3) is 0 Å². The molecular weight excluding hydrogens is 138 g/mol. The summed E-state index contributed by atoms with van der Waals surface area (Å²) in [7, 11) is 1.32.